The minimum atomic E-state index is 0.0599. The van der Waals surface area contributed by atoms with Crippen LogP contribution in [0.4, 0.5) is 0 Å². The molecule has 0 unspecified atom stereocenters. The van der Waals surface area contributed by atoms with E-state index in [0.717, 1.165) is 37.9 Å². The lowest BCUT2D eigenvalue weighted by Gasteiger charge is -2.35. The maximum atomic E-state index is 6.22. The van der Waals surface area contributed by atoms with E-state index in [1.54, 1.807) is 0 Å². The van der Waals surface area contributed by atoms with E-state index in [1.165, 1.54) is 12.8 Å². The topological polar surface area (TPSA) is 18.5 Å². The van der Waals surface area contributed by atoms with E-state index >= 15 is 0 Å². The molecule has 0 N–H and O–H groups in total. The Bertz CT molecular complexity index is 471. The van der Waals surface area contributed by atoms with Crippen LogP contribution in [0.5, 0.6) is 0 Å². The van der Waals surface area contributed by atoms with Gasteiger partial charge in [-0.05, 0) is 44.2 Å². The van der Waals surface area contributed by atoms with Crippen molar-refractivity contribution in [2.75, 3.05) is 6.61 Å². The van der Waals surface area contributed by atoms with Crippen LogP contribution in [0, 0.1) is 11.8 Å². The fourth-order valence-electron chi connectivity index (χ4n) is 2.98. The minimum absolute atomic E-state index is 0.0599. The normalized spacial score (nSPS) is 30.3. The lowest BCUT2D eigenvalue weighted by Crippen LogP contribution is -2.39. The summed E-state index contributed by atoms with van der Waals surface area (Å²) in [6.07, 6.45) is 7.43. The third-order valence-electron chi connectivity index (χ3n) is 4.07. The van der Waals surface area contributed by atoms with Gasteiger partial charge in [0, 0.05) is 12.2 Å². The molecule has 106 valence electrons. The maximum absolute atomic E-state index is 6.22. The number of hydrogen-bond donors (Lipinski definition) is 0. The molecule has 2 nitrogen and oxygen atoms in total. The second kappa shape index (κ2) is 6.92. The zero-order valence-corrected chi connectivity index (χ0v) is 11.9. The first-order chi connectivity index (χ1) is 9.92. The van der Waals surface area contributed by atoms with Crippen molar-refractivity contribution in [1.29, 1.82) is 0 Å². The van der Waals surface area contributed by atoms with Crippen molar-refractivity contribution in [2.24, 2.45) is 0 Å². The summed E-state index contributed by atoms with van der Waals surface area (Å²) >= 11 is 0. The van der Waals surface area contributed by atoms with Crippen LogP contribution in [0.3, 0.4) is 0 Å². The Balaban J connectivity index is 1.67. The second-order valence-corrected chi connectivity index (χ2v) is 5.63. The molecule has 0 aliphatic carbocycles. The smallest absolute Gasteiger partial charge is 0.119 e. The lowest BCUT2D eigenvalue weighted by molar-refractivity contribution is -0.128. The third kappa shape index (κ3) is 3.62. The molecule has 0 spiro atoms. The van der Waals surface area contributed by atoms with E-state index in [9.17, 15) is 0 Å². The van der Waals surface area contributed by atoms with E-state index in [4.69, 9.17) is 9.47 Å². The molecule has 20 heavy (non-hydrogen) atoms. The van der Waals surface area contributed by atoms with Crippen molar-refractivity contribution in [3.8, 4) is 11.8 Å². The summed E-state index contributed by atoms with van der Waals surface area (Å²) in [5, 5.41) is 0. The standard InChI is InChI=1S/C18H22O2/c1-2-7-15(8-3-1)12-13-16-9-4-5-10-17-18(20-16)11-6-14-19-17/h1-3,7-8,16-18H,4-6,9-11,14H2/t16-,17-,18+/m1/s1. The van der Waals surface area contributed by atoms with E-state index in [0.29, 0.717) is 6.10 Å². The molecule has 3 rings (SSSR count). The van der Waals surface area contributed by atoms with Gasteiger partial charge in [0.2, 0.25) is 0 Å². The largest absolute Gasteiger partial charge is 0.376 e. The van der Waals surface area contributed by atoms with Crippen LogP contribution in [0.15, 0.2) is 30.3 Å². The zero-order chi connectivity index (χ0) is 13.6. The van der Waals surface area contributed by atoms with Gasteiger partial charge in [0.15, 0.2) is 0 Å². The summed E-state index contributed by atoms with van der Waals surface area (Å²) in [7, 11) is 0. The Hall–Kier alpha value is -1.30. The molecular formula is C18H22O2. The molecular weight excluding hydrogens is 248 g/mol. The quantitative estimate of drug-likeness (QED) is 0.671. The summed E-state index contributed by atoms with van der Waals surface area (Å²) in [6.45, 7) is 0.894. The van der Waals surface area contributed by atoms with Crippen molar-refractivity contribution in [3.63, 3.8) is 0 Å². The Kier molecular flexibility index (Phi) is 4.73. The fourth-order valence-corrected chi connectivity index (χ4v) is 2.98. The highest BCUT2D eigenvalue weighted by Gasteiger charge is 2.29. The summed E-state index contributed by atoms with van der Waals surface area (Å²) in [4.78, 5) is 0. The first kappa shape index (κ1) is 13.7. The lowest BCUT2D eigenvalue weighted by atomic mass is 9.96. The average molecular weight is 270 g/mol. The molecule has 1 aromatic rings. The van der Waals surface area contributed by atoms with Crippen molar-refractivity contribution < 1.29 is 9.47 Å². The molecule has 1 aromatic carbocycles. The SMILES string of the molecule is C(#C[C@H]1CCCC[C@H]2OCCC[C@@H]2O1)c1ccccc1. The number of ether oxygens (including phenoxy) is 2. The predicted molar refractivity (Wildman–Crippen MR) is 79.4 cm³/mol. The maximum Gasteiger partial charge on any atom is 0.119 e. The van der Waals surface area contributed by atoms with Crippen LogP contribution < -0.4 is 0 Å². The summed E-state index contributed by atoms with van der Waals surface area (Å²) in [5.41, 5.74) is 1.06. The molecule has 2 fully saturated rings. The number of hydrogen-bond acceptors (Lipinski definition) is 2. The molecule has 3 atom stereocenters. The third-order valence-corrected chi connectivity index (χ3v) is 4.07. The molecule has 0 aromatic heterocycles. The molecule has 2 saturated heterocycles. The van der Waals surface area contributed by atoms with Gasteiger partial charge in [-0.2, -0.15) is 0 Å². The van der Waals surface area contributed by atoms with E-state index < -0.39 is 0 Å². The van der Waals surface area contributed by atoms with Crippen LogP contribution in [-0.4, -0.2) is 24.9 Å². The van der Waals surface area contributed by atoms with Crippen LogP contribution in [0.1, 0.15) is 44.1 Å². The Morgan fingerprint density at radius 1 is 0.900 bits per heavy atom. The van der Waals surface area contributed by atoms with Crippen LogP contribution in [0.2, 0.25) is 0 Å². The van der Waals surface area contributed by atoms with E-state index in [2.05, 4.69) is 11.8 Å². The van der Waals surface area contributed by atoms with Gasteiger partial charge in [-0.3, -0.25) is 0 Å². The molecule has 2 aliphatic rings. The van der Waals surface area contributed by atoms with Gasteiger partial charge < -0.3 is 9.47 Å². The number of fused-ring (bicyclic) bond motifs is 1. The van der Waals surface area contributed by atoms with Crippen molar-refractivity contribution >= 4 is 0 Å². The molecule has 2 heterocycles. The molecule has 2 heteroatoms. The van der Waals surface area contributed by atoms with Crippen molar-refractivity contribution in [3.05, 3.63) is 35.9 Å². The van der Waals surface area contributed by atoms with Gasteiger partial charge in [0.1, 0.15) is 6.10 Å². The first-order valence-electron chi connectivity index (χ1n) is 7.75. The van der Waals surface area contributed by atoms with Crippen molar-refractivity contribution in [1.82, 2.24) is 0 Å². The van der Waals surface area contributed by atoms with Gasteiger partial charge >= 0.3 is 0 Å². The van der Waals surface area contributed by atoms with Crippen LogP contribution in [-0.2, 0) is 9.47 Å². The van der Waals surface area contributed by atoms with Gasteiger partial charge in [0.25, 0.3) is 0 Å². The van der Waals surface area contributed by atoms with Gasteiger partial charge in [-0.25, -0.2) is 0 Å². The molecule has 0 radical (unpaired) electrons. The van der Waals surface area contributed by atoms with Gasteiger partial charge in [0.05, 0.1) is 12.2 Å². The monoisotopic (exact) mass is 270 g/mol. The molecule has 2 aliphatic heterocycles. The van der Waals surface area contributed by atoms with E-state index in [-0.39, 0.29) is 12.2 Å². The Morgan fingerprint density at radius 3 is 2.60 bits per heavy atom. The molecule has 0 bridgehead atoms. The number of benzene rings is 1. The summed E-state index contributed by atoms with van der Waals surface area (Å²) < 4.78 is 12.1. The highest BCUT2D eigenvalue weighted by Crippen LogP contribution is 2.26. The van der Waals surface area contributed by atoms with Crippen LogP contribution >= 0.6 is 0 Å². The first-order valence-corrected chi connectivity index (χ1v) is 7.75. The molecule has 0 amide bonds. The zero-order valence-electron chi connectivity index (χ0n) is 11.9. The molecule has 0 saturated carbocycles. The van der Waals surface area contributed by atoms with Crippen molar-refractivity contribution in [2.45, 2.75) is 56.8 Å². The minimum Gasteiger partial charge on any atom is -0.376 e. The average Bonchev–Trinajstić information content (AvgIpc) is 2.48. The highest BCUT2D eigenvalue weighted by atomic mass is 16.5. The fraction of sp³-hybridized carbons (Fsp3) is 0.556. The van der Waals surface area contributed by atoms with Crippen LogP contribution in [0.25, 0.3) is 0 Å². The second-order valence-electron chi connectivity index (χ2n) is 5.63. The Morgan fingerprint density at radius 2 is 1.70 bits per heavy atom. The predicted octanol–water partition coefficient (Wildman–Crippen LogP) is 3.54. The van der Waals surface area contributed by atoms with Gasteiger partial charge in [-0.1, -0.05) is 36.5 Å². The summed E-state index contributed by atoms with van der Waals surface area (Å²) in [6, 6.07) is 10.1. The number of rotatable bonds is 0. The highest BCUT2D eigenvalue weighted by molar-refractivity contribution is 5.34. The summed E-state index contributed by atoms with van der Waals surface area (Å²) in [5.74, 6) is 6.55. The Labute approximate surface area is 121 Å². The van der Waals surface area contributed by atoms with E-state index in [1.807, 2.05) is 30.3 Å². The van der Waals surface area contributed by atoms with Gasteiger partial charge in [-0.15, -0.1) is 0 Å².